The second-order valence-corrected chi connectivity index (χ2v) is 20.0. The van der Waals surface area contributed by atoms with E-state index in [0.717, 1.165) is 44.9 Å². The molecule has 0 aliphatic carbocycles. The molecule has 0 bridgehead atoms. The zero-order chi connectivity index (χ0) is 47.2. The zero-order valence-corrected chi connectivity index (χ0v) is 43.7. The molecule has 0 aliphatic heterocycles. The molecule has 1 amide bonds. The minimum atomic E-state index is -0.667. The molecule has 0 radical (unpaired) electrons. The maximum atomic E-state index is 12.4. The number of hydrogen-bond acceptors (Lipinski definition) is 5. The van der Waals surface area contributed by atoms with Gasteiger partial charge in [-0.15, -0.1) is 0 Å². The van der Waals surface area contributed by atoms with Crippen LogP contribution in [0, 0.1) is 0 Å². The van der Waals surface area contributed by atoms with Gasteiger partial charge in [0.15, 0.2) is 0 Å². The van der Waals surface area contributed by atoms with Crippen LogP contribution >= 0.6 is 0 Å². The van der Waals surface area contributed by atoms with Gasteiger partial charge in [0.1, 0.15) is 0 Å². The second kappa shape index (κ2) is 54.9. The van der Waals surface area contributed by atoms with E-state index in [2.05, 4.69) is 43.5 Å². The Morgan fingerprint density at radius 1 is 0.415 bits per heavy atom. The van der Waals surface area contributed by atoms with E-state index in [1.165, 1.54) is 238 Å². The summed E-state index contributed by atoms with van der Waals surface area (Å²) in [6.45, 7) is 4.93. The average molecular weight is 917 g/mol. The molecule has 2 atom stereocenters. The predicted octanol–water partition coefficient (Wildman–Crippen LogP) is 17.9. The number of ether oxygens (including phenoxy) is 1. The van der Waals surface area contributed by atoms with E-state index in [-0.39, 0.29) is 18.5 Å². The molecule has 0 aliphatic rings. The molecule has 0 aromatic carbocycles. The number of rotatable bonds is 54. The first-order valence-corrected chi connectivity index (χ1v) is 29.1. The van der Waals surface area contributed by atoms with Crippen LogP contribution in [0.15, 0.2) is 24.3 Å². The van der Waals surface area contributed by atoms with E-state index < -0.39 is 12.1 Å². The molecule has 6 nitrogen and oxygen atoms in total. The third-order valence-electron chi connectivity index (χ3n) is 13.5. The van der Waals surface area contributed by atoms with E-state index in [0.29, 0.717) is 25.9 Å². The van der Waals surface area contributed by atoms with Crippen LogP contribution in [0.5, 0.6) is 0 Å². The fourth-order valence-corrected chi connectivity index (χ4v) is 8.98. The Balaban J connectivity index is 3.38. The lowest BCUT2D eigenvalue weighted by Crippen LogP contribution is -2.45. The number of aliphatic hydroxyl groups excluding tert-OH is 2. The molecular weight excluding hydrogens is 803 g/mol. The number of amides is 1. The van der Waals surface area contributed by atoms with Crippen molar-refractivity contribution in [2.45, 2.75) is 328 Å². The van der Waals surface area contributed by atoms with Crippen molar-refractivity contribution < 1.29 is 24.5 Å². The Morgan fingerprint density at radius 3 is 1.09 bits per heavy atom. The Labute approximate surface area is 405 Å². The van der Waals surface area contributed by atoms with E-state index in [1.54, 1.807) is 0 Å². The normalized spacial score (nSPS) is 12.7. The molecule has 6 heteroatoms. The summed E-state index contributed by atoms with van der Waals surface area (Å²) in [4.78, 5) is 24.5. The third-order valence-corrected chi connectivity index (χ3v) is 13.5. The highest BCUT2D eigenvalue weighted by Crippen LogP contribution is 2.16. The summed E-state index contributed by atoms with van der Waals surface area (Å²) in [5.41, 5.74) is 0. The van der Waals surface area contributed by atoms with Gasteiger partial charge in [-0.3, -0.25) is 9.59 Å². The molecule has 2 unspecified atom stereocenters. The van der Waals surface area contributed by atoms with Gasteiger partial charge >= 0.3 is 5.97 Å². The van der Waals surface area contributed by atoms with Gasteiger partial charge in [0.2, 0.25) is 5.91 Å². The van der Waals surface area contributed by atoms with Crippen molar-refractivity contribution >= 4 is 11.9 Å². The van der Waals surface area contributed by atoms with Crippen LogP contribution in [0.2, 0.25) is 0 Å². The van der Waals surface area contributed by atoms with Crippen LogP contribution in [0.25, 0.3) is 0 Å². The maximum absolute atomic E-state index is 12.4. The van der Waals surface area contributed by atoms with Gasteiger partial charge in [-0.05, 0) is 77.0 Å². The Kier molecular flexibility index (Phi) is 53.5. The average Bonchev–Trinajstić information content (AvgIpc) is 3.31. The molecule has 0 rings (SSSR count). The Morgan fingerprint density at radius 2 is 0.723 bits per heavy atom. The summed E-state index contributed by atoms with van der Waals surface area (Å²) in [5, 5.41) is 23.1. The van der Waals surface area contributed by atoms with Gasteiger partial charge in [-0.25, -0.2) is 0 Å². The quantitative estimate of drug-likeness (QED) is 0.0321. The fourth-order valence-electron chi connectivity index (χ4n) is 8.98. The van der Waals surface area contributed by atoms with Gasteiger partial charge < -0.3 is 20.3 Å². The van der Waals surface area contributed by atoms with Crippen molar-refractivity contribution in [2.75, 3.05) is 13.2 Å². The highest BCUT2D eigenvalue weighted by atomic mass is 16.5. The Bertz CT molecular complexity index is 1010. The van der Waals surface area contributed by atoms with Crippen LogP contribution in [0.1, 0.15) is 316 Å². The second-order valence-electron chi connectivity index (χ2n) is 20.0. The highest BCUT2D eigenvalue weighted by molar-refractivity contribution is 5.76. The monoisotopic (exact) mass is 916 g/mol. The van der Waals surface area contributed by atoms with E-state index in [4.69, 9.17) is 4.74 Å². The minimum absolute atomic E-state index is 0.00575. The number of carbonyl (C=O) groups excluding carboxylic acids is 2. The molecular formula is C59H113NO5. The van der Waals surface area contributed by atoms with Crippen LogP contribution in [0.4, 0.5) is 0 Å². The summed E-state index contributed by atoms with van der Waals surface area (Å²) in [7, 11) is 0. The number of allylic oxidation sites excluding steroid dienone is 4. The number of nitrogens with one attached hydrogen (secondary N) is 1. The lowest BCUT2D eigenvalue weighted by Gasteiger charge is -2.22. The van der Waals surface area contributed by atoms with Gasteiger partial charge in [-0.1, -0.05) is 250 Å². The van der Waals surface area contributed by atoms with Gasteiger partial charge in [0.05, 0.1) is 25.4 Å². The molecule has 0 saturated heterocycles. The molecule has 0 saturated carbocycles. The lowest BCUT2D eigenvalue weighted by molar-refractivity contribution is -0.143. The topological polar surface area (TPSA) is 95.9 Å². The number of esters is 1. The van der Waals surface area contributed by atoms with Crippen LogP contribution < -0.4 is 5.32 Å². The summed E-state index contributed by atoms with van der Waals surface area (Å²) >= 11 is 0. The van der Waals surface area contributed by atoms with Crippen molar-refractivity contribution in [3.63, 3.8) is 0 Å². The van der Waals surface area contributed by atoms with Gasteiger partial charge in [-0.2, -0.15) is 0 Å². The van der Waals surface area contributed by atoms with Crippen molar-refractivity contribution in [1.82, 2.24) is 5.32 Å². The molecule has 0 heterocycles. The number of unbranched alkanes of at least 4 members (excludes halogenated alkanes) is 39. The molecule has 0 fully saturated rings. The predicted molar refractivity (Wildman–Crippen MR) is 283 cm³/mol. The standard InChI is InChI=1S/C59H113NO5/c1-3-5-7-9-11-13-14-15-16-17-20-24-27-30-33-37-41-45-49-53-59(64)65-54-50-46-42-38-34-31-28-25-22-19-18-21-23-26-29-32-36-40-44-48-52-58(63)60-56(55-61)57(62)51-47-43-39-35-12-10-8-6-4-2/h15-16,18,21,56-57,61-62H,3-14,17,19-20,22-55H2,1-2H3,(H,60,63)/b16-15-,21-18-. The van der Waals surface area contributed by atoms with Crippen LogP contribution in [-0.2, 0) is 14.3 Å². The third kappa shape index (κ3) is 51.6. The van der Waals surface area contributed by atoms with Crippen molar-refractivity contribution in [3.05, 3.63) is 24.3 Å². The smallest absolute Gasteiger partial charge is 0.305 e. The largest absolute Gasteiger partial charge is 0.466 e. The van der Waals surface area contributed by atoms with Crippen molar-refractivity contribution in [1.29, 1.82) is 0 Å². The molecule has 3 N–H and O–H groups in total. The van der Waals surface area contributed by atoms with Gasteiger partial charge in [0, 0.05) is 12.8 Å². The van der Waals surface area contributed by atoms with E-state index in [1.807, 2.05) is 0 Å². The molecule has 0 aromatic rings. The summed E-state index contributed by atoms with van der Waals surface area (Å²) in [5.74, 6) is -0.0400. The molecule has 65 heavy (non-hydrogen) atoms. The minimum Gasteiger partial charge on any atom is -0.466 e. The molecule has 0 spiro atoms. The SMILES string of the molecule is CCCCCCCC/C=C\CCCCCCCCCCCC(=O)OCCCCCCCCCCC/C=C\CCCCCCCCCC(=O)NC(CO)C(O)CCCCCCCCCCC. The van der Waals surface area contributed by atoms with E-state index in [9.17, 15) is 19.8 Å². The summed E-state index contributed by atoms with van der Waals surface area (Å²) < 4.78 is 5.49. The van der Waals surface area contributed by atoms with Crippen molar-refractivity contribution in [3.8, 4) is 0 Å². The van der Waals surface area contributed by atoms with Crippen molar-refractivity contribution in [2.24, 2.45) is 0 Å². The number of aliphatic hydroxyl groups is 2. The first kappa shape index (κ1) is 63.3. The first-order chi connectivity index (χ1) is 32.0. The summed E-state index contributed by atoms with van der Waals surface area (Å²) in [6.07, 6.45) is 66.1. The Hall–Kier alpha value is -1.66. The van der Waals surface area contributed by atoms with Gasteiger partial charge in [0.25, 0.3) is 0 Å². The van der Waals surface area contributed by atoms with E-state index >= 15 is 0 Å². The number of carbonyl (C=O) groups is 2. The van der Waals surface area contributed by atoms with Crippen LogP contribution in [-0.4, -0.2) is 47.4 Å². The van der Waals surface area contributed by atoms with Crippen LogP contribution in [0.3, 0.4) is 0 Å². The lowest BCUT2D eigenvalue weighted by atomic mass is 10.0. The number of hydrogen-bond donors (Lipinski definition) is 3. The zero-order valence-electron chi connectivity index (χ0n) is 43.7. The molecule has 384 valence electrons. The fraction of sp³-hybridized carbons (Fsp3) is 0.898. The molecule has 0 aromatic heterocycles. The first-order valence-electron chi connectivity index (χ1n) is 29.1. The highest BCUT2D eigenvalue weighted by Gasteiger charge is 2.20. The maximum Gasteiger partial charge on any atom is 0.305 e. The summed E-state index contributed by atoms with van der Waals surface area (Å²) in [6, 6.07) is -0.545.